The molecule has 0 aromatic heterocycles. The lowest BCUT2D eigenvalue weighted by molar-refractivity contribution is -0.160. The van der Waals surface area contributed by atoms with Gasteiger partial charge in [-0.3, -0.25) is 4.79 Å². The van der Waals surface area contributed by atoms with Gasteiger partial charge in [0.2, 0.25) is 5.91 Å². The van der Waals surface area contributed by atoms with Gasteiger partial charge in [-0.15, -0.1) is 0 Å². The third-order valence-electron chi connectivity index (χ3n) is 3.24. The molecule has 2 saturated heterocycles. The molecule has 2 aliphatic heterocycles. The van der Waals surface area contributed by atoms with Crippen molar-refractivity contribution in [3.8, 4) is 0 Å². The molecule has 5 nitrogen and oxygen atoms in total. The SMILES string of the molecule is CC(=O)N1C[C@@H]2CC[C@@H](C(=O)O)O[C@H]2C1. The zero-order valence-corrected chi connectivity index (χ0v) is 8.68. The first-order chi connectivity index (χ1) is 7.08. The van der Waals surface area contributed by atoms with E-state index in [1.165, 1.54) is 6.92 Å². The quantitative estimate of drug-likeness (QED) is 0.670. The number of carbonyl (C=O) groups excluding carboxylic acids is 1. The van der Waals surface area contributed by atoms with Crippen LogP contribution in [0, 0.1) is 5.92 Å². The molecular weight excluding hydrogens is 198 g/mol. The molecule has 0 bridgehead atoms. The number of nitrogens with zero attached hydrogens (tertiary/aromatic N) is 1. The van der Waals surface area contributed by atoms with Crippen LogP contribution in [0.15, 0.2) is 0 Å². The number of fused-ring (bicyclic) bond motifs is 1. The monoisotopic (exact) mass is 213 g/mol. The highest BCUT2D eigenvalue weighted by Gasteiger charge is 2.41. The number of carbonyl (C=O) groups is 2. The van der Waals surface area contributed by atoms with Crippen molar-refractivity contribution in [1.82, 2.24) is 4.90 Å². The number of aliphatic carboxylic acids is 1. The van der Waals surface area contributed by atoms with Crippen LogP contribution in [0.1, 0.15) is 19.8 Å². The summed E-state index contributed by atoms with van der Waals surface area (Å²) in [4.78, 5) is 23.6. The second-order valence-corrected chi connectivity index (χ2v) is 4.26. The highest BCUT2D eigenvalue weighted by atomic mass is 16.5. The fraction of sp³-hybridized carbons (Fsp3) is 0.800. The highest BCUT2D eigenvalue weighted by Crippen LogP contribution is 2.31. The van der Waals surface area contributed by atoms with Crippen LogP contribution < -0.4 is 0 Å². The average molecular weight is 213 g/mol. The smallest absolute Gasteiger partial charge is 0.332 e. The number of carboxylic acids is 1. The maximum absolute atomic E-state index is 11.2. The van der Waals surface area contributed by atoms with E-state index in [4.69, 9.17) is 9.84 Å². The molecule has 0 aromatic rings. The fourth-order valence-electron chi connectivity index (χ4n) is 2.36. The van der Waals surface area contributed by atoms with Crippen molar-refractivity contribution < 1.29 is 19.4 Å². The Morgan fingerprint density at radius 2 is 2.07 bits per heavy atom. The number of hydrogen-bond donors (Lipinski definition) is 1. The second-order valence-electron chi connectivity index (χ2n) is 4.26. The summed E-state index contributed by atoms with van der Waals surface area (Å²) in [7, 11) is 0. The Kier molecular flexibility index (Phi) is 2.65. The molecule has 2 aliphatic rings. The van der Waals surface area contributed by atoms with E-state index in [0.717, 1.165) is 6.42 Å². The first-order valence-corrected chi connectivity index (χ1v) is 5.21. The van der Waals surface area contributed by atoms with Gasteiger partial charge in [-0.1, -0.05) is 0 Å². The third-order valence-corrected chi connectivity index (χ3v) is 3.24. The lowest BCUT2D eigenvalue weighted by Crippen LogP contribution is -2.38. The van der Waals surface area contributed by atoms with Gasteiger partial charge in [0.25, 0.3) is 0 Å². The Morgan fingerprint density at radius 3 is 2.67 bits per heavy atom. The van der Waals surface area contributed by atoms with E-state index in [1.54, 1.807) is 4.90 Å². The molecule has 2 rings (SSSR count). The fourth-order valence-corrected chi connectivity index (χ4v) is 2.36. The Labute approximate surface area is 88.0 Å². The van der Waals surface area contributed by atoms with Gasteiger partial charge in [0.15, 0.2) is 6.10 Å². The minimum atomic E-state index is -0.894. The molecule has 15 heavy (non-hydrogen) atoms. The lowest BCUT2D eigenvalue weighted by Gasteiger charge is -2.28. The van der Waals surface area contributed by atoms with Crippen molar-refractivity contribution in [3.05, 3.63) is 0 Å². The standard InChI is InChI=1S/C10H15NO4/c1-6(12)11-4-7-2-3-8(10(13)14)15-9(7)5-11/h7-9H,2-5H2,1H3,(H,13,14)/t7-,8-,9-/m0/s1. The highest BCUT2D eigenvalue weighted by molar-refractivity contribution is 5.74. The Balaban J connectivity index is 1.98. The number of amides is 1. The van der Waals surface area contributed by atoms with Crippen molar-refractivity contribution in [2.24, 2.45) is 5.92 Å². The van der Waals surface area contributed by atoms with Crippen molar-refractivity contribution in [2.75, 3.05) is 13.1 Å². The predicted molar refractivity (Wildman–Crippen MR) is 51.3 cm³/mol. The van der Waals surface area contributed by atoms with E-state index in [0.29, 0.717) is 25.4 Å². The summed E-state index contributed by atoms with van der Waals surface area (Å²) in [5.41, 5.74) is 0. The Hall–Kier alpha value is -1.10. The summed E-state index contributed by atoms with van der Waals surface area (Å²) >= 11 is 0. The normalized spacial score (nSPS) is 35.0. The van der Waals surface area contributed by atoms with Crippen LogP contribution in [0.3, 0.4) is 0 Å². The molecular formula is C10H15NO4. The van der Waals surface area contributed by atoms with Gasteiger partial charge < -0.3 is 14.7 Å². The Bertz CT molecular complexity index is 279. The van der Waals surface area contributed by atoms with Crippen molar-refractivity contribution in [1.29, 1.82) is 0 Å². The van der Waals surface area contributed by atoms with Crippen LogP contribution >= 0.6 is 0 Å². The van der Waals surface area contributed by atoms with Gasteiger partial charge in [0.1, 0.15) is 0 Å². The minimum absolute atomic E-state index is 0.0416. The molecule has 1 N–H and O–H groups in total. The maximum Gasteiger partial charge on any atom is 0.332 e. The summed E-state index contributed by atoms with van der Waals surface area (Å²) in [5.74, 6) is -0.529. The van der Waals surface area contributed by atoms with Gasteiger partial charge >= 0.3 is 5.97 Å². The predicted octanol–water partition coefficient (Wildman–Crippen LogP) is 0.0969. The van der Waals surface area contributed by atoms with Crippen molar-refractivity contribution in [2.45, 2.75) is 32.0 Å². The molecule has 1 amide bonds. The van der Waals surface area contributed by atoms with Crippen LogP contribution in [0.2, 0.25) is 0 Å². The first-order valence-electron chi connectivity index (χ1n) is 5.21. The van der Waals surface area contributed by atoms with Gasteiger partial charge in [-0.05, 0) is 12.8 Å². The molecule has 84 valence electrons. The summed E-state index contributed by atoms with van der Waals surface area (Å²) in [6.07, 6.45) is 0.634. The van der Waals surface area contributed by atoms with E-state index in [2.05, 4.69) is 0 Å². The van der Waals surface area contributed by atoms with Crippen molar-refractivity contribution >= 4 is 11.9 Å². The average Bonchev–Trinajstić information content (AvgIpc) is 2.59. The molecule has 0 aromatic carbocycles. The molecule has 0 radical (unpaired) electrons. The summed E-state index contributed by atoms with van der Waals surface area (Å²) in [6.45, 7) is 2.79. The van der Waals surface area contributed by atoms with Gasteiger partial charge in [-0.2, -0.15) is 0 Å². The van der Waals surface area contributed by atoms with Gasteiger partial charge in [0, 0.05) is 25.9 Å². The number of hydrogen-bond acceptors (Lipinski definition) is 3. The van der Waals surface area contributed by atoms with Crippen LogP contribution in [0.4, 0.5) is 0 Å². The second kappa shape index (κ2) is 3.81. The van der Waals surface area contributed by atoms with E-state index in [1.807, 2.05) is 0 Å². The molecule has 0 aliphatic carbocycles. The number of ether oxygens (including phenoxy) is 1. The number of likely N-dealkylation sites (tertiary alicyclic amines) is 1. The van der Waals surface area contributed by atoms with Crippen LogP contribution in [-0.4, -0.2) is 47.2 Å². The summed E-state index contributed by atoms with van der Waals surface area (Å²) in [5, 5.41) is 8.83. The summed E-state index contributed by atoms with van der Waals surface area (Å²) in [6, 6.07) is 0. The van der Waals surface area contributed by atoms with Gasteiger partial charge in [-0.25, -0.2) is 4.79 Å². The molecule has 2 fully saturated rings. The largest absolute Gasteiger partial charge is 0.479 e. The van der Waals surface area contributed by atoms with Crippen LogP contribution in [0.25, 0.3) is 0 Å². The lowest BCUT2D eigenvalue weighted by atomic mass is 9.94. The zero-order valence-electron chi connectivity index (χ0n) is 8.68. The van der Waals surface area contributed by atoms with E-state index in [-0.39, 0.29) is 12.0 Å². The van der Waals surface area contributed by atoms with Crippen molar-refractivity contribution in [3.63, 3.8) is 0 Å². The van der Waals surface area contributed by atoms with Crippen LogP contribution in [0.5, 0.6) is 0 Å². The zero-order chi connectivity index (χ0) is 11.0. The third kappa shape index (κ3) is 1.97. The van der Waals surface area contributed by atoms with E-state index < -0.39 is 12.1 Å². The molecule has 2 heterocycles. The molecule has 3 atom stereocenters. The maximum atomic E-state index is 11.2. The van der Waals surface area contributed by atoms with Gasteiger partial charge in [0.05, 0.1) is 6.10 Å². The molecule has 0 saturated carbocycles. The topological polar surface area (TPSA) is 66.8 Å². The molecule has 0 unspecified atom stereocenters. The number of rotatable bonds is 1. The molecule has 5 heteroatoms. The molecule has 0 spiro atoms. The Morgan fingerprint density at radius 1 is 1.33 bits per heavy atom. The number of carboxylic acid groups (broad SMARTS) is 1. The minimum Gasteiger partial charge on any atom is -0.479 e. The van der Waals surface area contributed by atoms with E-state index in [9.17, 15) is 9.59 Å². The van der Waals surface area contributed by atoms with E-state index >= 15 is 0 Å². The van der Waals surface area contributed by atoms with Crippen LogP contribution in [-0.2, 0) is 14.3 Å². The first kappa shape index (κ1) is 10.4. The summed E-state index contributed by atoms with van der Waals surface area (Å²) < 4.78 is 5.46.